The Labute approximate surface area is 168 Å². The lowest BCUT2D eigenvalue weighted by Gasteiger charge is -2.33. The average molecular weight is 429 g/mol. The Morgan fingerprint density at radius 2 is 1.73 bits per heavy atom. The largest absolute Gasteiger partial charge is 0.407 e. The molecule has 1 N–H and O–H groups in total. The van der Waals surface area contributed by atoms with E-state index in [2.05, 4.69) is 10.2 Å². The van der Waals surface area contributed by atoms with Gasteiger partial charge in [-0.15, -0.1) is 0 Å². The number of nitrogens with zero attached hydrogens (tertiary/aromatic N) is 2. The molecule has 0 saturated heterocycles. The molecule has 160 valence electrons. The third-order valence-electron chi connectivity index (χ3n) is 4.19. The van der Waals surface area contributed by atoms with Crippen LogP contribution in [0.3, 0.4) is 0 Å². The van der Waals surface area contributed by atoms with E-state index < -0.39 is 47.8 Å². The number of carbonyl (C=O) groups is 1. The van der Waals surface area contributed by atoms with Gasteiger partial charge in [-0.25, -0.2) is 4.85 Å². The highest BCUT2D eigenvalue weighted by Gasteiger charge is 2.38. The molecular weight excluding hydrogens is 412 g/mol. The maximum absolute atomic E-state index is 13.3. The maximum Gasteiger partial charge on any atom is 0.407 e. The van der Waals surface area contributed by atoms with Gasteiger partial charge in [-0.05, 0) is 30.7 Å². The predicted molar refractivity (Wildman–Crippen MR) is 100 cm³/mol. The van der Waals surface area contributed by atoms with E-state index in [9.17, 15) is 31.1 Å². The second-order valence-corrected chi connectivity index (χ2v) is 6.33. The number of carbonyl (C=O) groups excluding carboxylic acids is 1. The number of hydrogen-bond acceptors (Lipinski definition) is 2. The highest BCUT2D eigenvalue weighted by molar-refractivity contribution is 5.97. The third-order valence-corrected chi connectivity index (χ3v) is 4.19. The molecule has 4 nitrogen and oxygen atoms in total. The Bertz CT molecular complexity index is 919. The highest BCUT2D eigenvalue weighted by Crippen LogP contribution is 2.39. The van der Waals surface area contributed by atoms with Crippen LogP contribution in [0, 0.1) is 6.57 Å². The number of anilines is 2. The Balaban J connectivity index is 2.49. The van der Waals surface area contributed by atoms with Crippen molar-refractivity contribution in [3.8, 4) is 0 Å². The van der Waals surface area contributed by atoms with Crippen molar-refractivity contribution in [1.82, 2.24) is 0 Å². The van der Waals surface area contributed by atoms with Gasteiger partial charge in [-0.3, -0.25) is 4.79 Å². The summed E-state index contributed by atoms with van der Waals surface area (Å²) in [6, 6.07) is 8.83. The number of halogens is 6. The molecule has 0 aliphatic carbocycles. The Morgan fingerprint density at radius 1 is 1.10 bits per heavy atom. The lowest BCUT2D eigenvalue weighted by molar-refractivity contribution is -0.136. The van der Waals surface area contributed by atoms with E-state index in [4.69, 9.17) is 6.57 Å². The normalized spacial score (nSPS) is 12.7. The first-order valence-corrected chi connectivity index (χ1v) is 8.74. The van der Waals surface area contributed by atoms with E-state index in [1.807, 2.05) is 0 Å². The lowest BCUT2D eigenvalue weighted by atomic mass is 10.1. The van der Waals surface area contributed by atoms with Gasteiger partial charge in [0.05, 0.1) is 12.1 Å². The summed E-state index contributed by atoms with van der Waals surface area (Å²) in [5.74, 6) is -0.796. The summed E-state index contributed by atoms with van der Waals surface area (Å²) in [5.41, 5.74) is -2.21. The first-order chi connectivity index (χ1) is 14.0. The molecule has 0 aromatic heterocycles. The van der Waals surface area contributed by atoms with Crippen LogP contribution in [-0.2, 0) is 11.0 Å². The first-order valence-electron chi connectivity index (χ1n) is 8.74. The fourth-order valence-electron chi connectivity index (χ4n) is 2.90. The van der Waals surface area contributed by atoms with Gasteiger partial charge in [0.25, 0.3) is 0 Å². The van der Waals surface area contributed by atoms with Crippen LogP contribution in [0.2, 0.25) is 0 Å². The molecule has 0 spiro atoms. The van der Waals surface area contributed by atoms with Gasteiger partial charge in [0.1, 0.15) is 12.6 Å². The van der Waals surface area contributed by atoms with Crippen LogP contribution in [0.15, 0.2) is 48.5 Å². The standard InChI is InChI=1S/C20H17F6N3O/c1-3-17(18(30)28-13-7-5-4-6-8-13)29(12-19(21,22)23)14-9-10-16(27-2)15(11-14)20(24,25)26/h4-11,17H,3,12H2,1H3,(H,28,30). The summed E-state index contributed by atoms with van der Waals surface area (Å²) in [5, 5.41) is 2.48. The van der Waals surface area contributed by atoms with Crippen molar-refractivity contribution in [2.24, 2.45) is 0 Å². The van der Waals surface area contributed by atoms with E-state index >= 15 is 0 Å². The zero-order valence-corrected chi connectivity index (χ0v) is 15.7. The second-order valence-electron chi connectivity index (χ2n) is 6.33. The molecule has 10 heteroatoms. The summed E-state index contributed by atoms with van der Waals surface area (Å²) in [6.07, 6.45) is -9.81. The molecule has 0 bridgehead atoms. The summed E-state index contributed by atoms with van der Waals surface area (Å²) in [7, 11) is 0. The SMILES string of the molecule is [C-]#[N+]c1ccc(N(CC(F)(F)F)C(CC)C(=O)Nc2ccccc2)cc1C(F)(F)F. The molecule has 1 unspecified atom stereocenters. The molecule has 0 heterocycles. The molecule has 2 aromatic rings. The van der Waals surface area contributed by atoms with Crippen molar-refractivity contribution in [2.45, 2.75) is 31.7 Å². The predicted octanol–water partition coefficient (Wildman–Crippen LogP) is 6.04. The molecular formula is C20H17F6N3O. The van der Waals surface area contributed by atoms with Crippen molar-refractivity contribution in [3.63, 3.8) is 0 Å². The van der Waals surface area contributed by atoms with Crippen molar-refractivity contribution in [3.05, 3.63) is 65.5 Å². The Morgan fingerprint density at radius 3 is 2.23 bits per heavy atom. The fraction of sp³-hybridized carbons (Fsp3) is 0.300. The Kier molecular flexibility index (Phi) is 6.97. The van der Waals surface area contributed by atoms with Gasteiger partial charge >= 0.3 is 12.4 Å². The zero-order chi connectivity index (χ0) is 22.5. The summed E-state index contributed by atoms with van der Waals surface area (Å²) >= 11 is 0. The van der Waals surface area contributed by atoms with Crippen molar-refractivity contribution in [2.75, 3.05) is 16.8 Å². The highest BCUT2D eigenvalue weighted by atomic mass is 19.4. The van der Waals surface area contributed by atoms with Gasteiger partial charge in [-0.1, -0.05) is 31.2 Å². The lowest BCUT2D eigenvalue weighted by Crippen LogP contribution is -2.48. The van der Waals surface area contributed by atoms with Gasteiger partial charge in [0.15, 0.2) is 5.69 Å². The minimum absolute atomic E-state index is 0.0966. The molecule has 30 heavy (non-hydrogen) atoms. The molecule has 2 rings (SSSR count). The maximum atomic E-state index is 13.3. The molecule has 0 saturated carbocycles. The van der Waals surface area contributed by atoms with Crippen molar-refractivity contribution < 1.29 is 31.1 Å². The molecule has 0 fully saturated rings. The summed E-state index contributed by atoms with van der Waals surface area (Å²) in [6.45, 7) is 6.69. The smallest absolute Gasteiger partial charge is 0.350 e. The van der Waals surface area contributed by atoms with Crippen molar-refractivity contribution >= 4 is 23.0 Å². The van der Waals surface area contributed by atoms with E-state index in [0.29, 0.717) is 16.7 Å². The van der Waals surface area contributed by atoms with Crippen LogP contribution < -0.4 is 10.2 Å². The number of alkyl halides is 6. The van der Waals surface area contributed by atoms with Gasteiger partial charge < -0.3 is 10.2 Å². The van der Waals surface area contributed by atoms with Crippen LogP contribution in [0.5, 0.6) is 0 Å². The van der Waals surface area contributed by atoms with Crippen LogP contribution in [0.4, 0.5) is 43.4 Å². The van der Waals surface area contributed by atoms with E-state index in [1.165, 1.54) is 19.1 Å². The number of amides is 1. The molecule has 2 aromatic carbocycles. The minimum Gasteiger partial charge on any atom is -0.350 e. The van der Waals surface area contributed by atoms with Crippen LogP contribution >= 0.6 is 0 Å². The number of hydrogen-bond donors (Lipinski definition) is 1. The fourth-order valence-corrected chi connectivity index (χ4v) is 2.90. The van der Waals surface area contributed by atoms with Crippen LogP contribution in [-0.4, -0.2) is 24.7 Å². The molecule has 0 aliphatic heterocycles. The van der Waals surface area contributed by atoms with E-state index in [-0.39, 0.29) is 6.42 Å². The van der Waals surface area contributed by atoms with Gasteiger partial charge in [0, 0.05) is 11.4 Å². The second kappa shape index (κ2) is 9.07. The van der Waals surface area contributed by atoms with E-state index in [0.717, 1.165) is 12.1 Å². The first kappa shape index (κ1) is 23.1. The topological polar surface area (TPSA) is 36.7 Å². The molecule has 1 atom stereocenters. The van der Waals surface area contributed by atoms with Crippen LogP contribution in [0.25, 0.3) is 4.85 Å². The molecule has 0 radical (unpaired) electrons. The minimum atomic E-state index is -4.94. The number of benzene rings is 2. The molecule has 0 aliphatic rings. The van der Waals surface area contributed by atoms with Gasteiger partial charge in [0.2, 0.25) is 5.91 Å². The Hall–Kier alpha value is -3.22. The zero-order valence-electron chi connectivity index (χ0n) is 15.7. The number of para-hydroxylation sites is 1. The summed E-state index contributed by atoms with van der Waals surface area (Å²) < 4.78 is 79.5. The number of rotatable bonds is 6. The van der Waals surface area contributed by atoms with E-state index in [1.54, 1.807) is 18.2 Å². The van der Waals surface area contributed by atoms with Crippen molar-refractivity contribution in [1.29, 1.82) is 0 Å². The quantitative estimate of drug-likeness (QED) is 0.449. The third kappa shape index (κ3) is 5.89. The van der Waals surface area contributed by atoms with Gasteiger partial charge in [-0.2, -0.15) is 26.3 Å². The summed E-state index contributed by atoms with van der Waals surface area (Å²) in [4.78, 5) is 16.0. The molecule has 1 amide bonds. The monoisotopic (exact) mass is 429 g/mol. The number of nitrogens with one attached hydrogen (secondary N) is 1. The average Bonchev–Trinajstić information content (AvgIpc) is 2.66. The van der Waals surface area contributed by atoms with Crippen LogP contribution in [0.1, 0.15) is 18.9 Å².